The molecule has 0 bridgehead atoms. The van der Waals surface area contributed by atoms with E-state index in [2.05, 4.69) is 27.7 Å². The second-order valence-corrected chi connectivity index (χ2v) is 8.71. The normalized spacial score (nSPS) is 23.2. The summed E-state index contributed by atoms with van der Waals surface area (Å²) < 4.78 is 17.3. The molecule has 1 saturated heterocycles. The van der Waals surface area contributed by atoms with Gasteiger partial charge in [-0.15, -0.1) is 0 Å². The monoisotopic (exact) mass is 313 g/mol. The zero-order chi connectivity index (χ0) is 17.3. The van der Waals surface area contributed by atoms with Crippen molar-refractivity contribution in [3.63, 3.8) is 0 Å². The molecule has 1 aliphatic heterocycles. The van der Waals surface area contributed by atoms with Crippen LogP contribution in [0.5, 0.6) is 0 Å². The summed E-state index contributed by atoms with van der Waals surface area (Å²) >= 11 is 0. The maximum Gasteiger partial charge on any atom is 0.501 e. The zero-order valence-corrected chi connectivity index (χ0v) is 15.4. The molecule has 0 radical (unpaired) electrons. The van der Waals surface area contributed by atoms with Crippen molar-refractivity contribution in [2.24, 2.45) is 17.1 Å². The summed E-state index contributed by atoms with van der Waals surface area (Å²) in [5.41, 5.74) is 4.53. The van der Waals surface area contributed by atoms with Crippen LogP contribution < -0.4 is 5.73 Å². The Kier molecular flexibility index (Phi) is 5.61. The van der Waals surface area contributed by atoms with E-state index in [0.717, 1.165) is 6.42 Å². The highest BCUT2D eigenvalue weighted by molar-refractivity contribution is 6.47. The van der Waals surface area contributed by atoms with Gasteiger partial charge in [0.2, 0.25) is 0 Å². The van der Waals surface area contributed by atoms with Gasteiger partial charge in [-0.1, -0.05) is 27.7 Å². The molecule has 0 saturated carbocycles. The lowest BCUT2D eigenvalue weighted by atomic mass is 9.73. The number of primary amides is 1. The first kappa shape index (κ1) is 19.3. The van der Waals surface area contributed by atoms with Gasteiger partial charge in [-0.25, -0.2) is 4.79 Å². The van der Waals surface area contributed by atoms with Crippen molar-refractivity contribution in [3.8, 4) is 0 Å². The molecule has 1 rings (SSSR count). The van der Waals surface area contributed by atoms with Gasteiger partial charge in [0.05, 0.1) is 11.2 Å². The molecule has 0 unspecified atom stereocenters. The highest BCUT2D eigenvalue weighted by Gasteiger charge is 2.55. The van der Waals surface area contributed by atoms with E-state index in [0.29, 0.717) is 12.3 Å². The third kappa shape index (κ3) is 5.16. The molecule has 2 atom stereocenters. The van der Waals surface area contributed by atoms with Crippen LogP contribution in [0.3, 0.4) is 0 Å². The maximum absolute atomic E-state index is 11.2. The van der Waals surface area contributed by atoms with Crippen LogP contribution in [0, 0.1) is 11.3 Å². The van der Waals surface area contributed by atoms with Crippen LogP contribution in [-0.4, -0.2) is 30.4 Å². The summed E-state index contributed by atoms with van der Waals surface area (Å²) in [7, 11) is -0.583. The first-order valence-electron chi connectivity index (χ1n) is 8.05. The Bertz CT molecular complexity index is 387. The minimum absolute atomic E-state index is 0.215. The lowest BCUT2D eigenvalue weighted by Crippen LogP contribution is -2.41. The smallest absolute Gasteiger partial charge is 0.449 e. The Morgan fingerprint density at radius 1 is 1.18 bits per heavy atom. The van der Waals surface area contributed by atoms with E-state index in [4.69, 9.17) is 19.8 Å². The van der Waals surface area contributed by atoms with E-state index < -0.39 is 30.4 Å². The molecule has 5 nitrogen and oxygen atoms in total. The first-order valence-corrected chi connectivity index (χ1v) is 8.05. The summed E-state index contributed by atoms with van der Waals surface area (Å²) in [6.45, 7) is 16.7. The van der Waals surface area contributed by atoms with E-state index >= 15 is 0 Å². The van der Waals surface area contributed by atoms with Crippen LogP contribution in [0.1, 0.15) is 68.2 Å². The number of hydrogen-bond acceptors (Lipinski definition) is 4. The van der Waals surface area contributed by atoms with E-state index in [1.807, 2.05) is 27.7 Å². The molecule has 1 fully saturated rings. The van der Waals surface area contributed by atoms with Crippen LogP contribution in [-0.2, 0) is 14.0 Å². The van der Waals surface area contributed by atoms with E-state index in [1.165, 1.54) is 0 Å². The molecule has 22 heavy (non-hydrogen) atoms. The Labute approximate surface area is 135 Å². The van der Waals surface area contributed by atoms with E-state index in [1.54, 1.807) is 0 Å². The fourth-order valence-corrected chi connectivity index (χ4v) is 2.93. The average molecular weight is 313 g/mol. The third-order valence-electron chi connectivity index (χ3n) is 4.44. The molecule has 1 amide bonds. The Morgan fingerprint density at radius 2 is 1.64 bits per heavy atom. The van der Waals surface area contributed by atoms with Crippen molar-refractivity contribution >= 4 is 13.2 Å². The molecule has 6 heteroatoms. The maximum atomic E-state index is 11.2. The van der Waals surface area contributed by atoms with Crippen LogP contribution >= 0.6 is 0 Å². The third-order valence-corrected chi connectivity index (χ3v) is 4.44. The Balaban J connectivity index is 2.80. The zero-order valence-electron chi connectivity index (χ0n) is 15.4. The predicted molar refractivity (Wildman–Crippen MR) is 88.4 cm³/mol. The summed E-state index contributed by atoms with van der Waals surface area (Å²) in [6.07, 6.45) is 0.894. The summed E-state index contributed by atoms with van der Waals surface area (Å²) in [5.74, 6) is 0.364. The minimum Gasteiger partial charge on any atom is -0.449 e. The van der Waals surface area contributed by atoms with Gasteiger partial charge in [-0.3, -0.25) is 0 Å². The molecule has 1 heterocycles. The van der Waals surface area contributed by atoms with Gasteiger partial charge < -0.3 is 19.8 Å². The second-order valence-electron chi connectivity index (χ2n) is 8.71. The molecule has 1 aliphatic rings. The van der Waals surface area contributed by atoms with Crippen LogP contribution in [0.2, 0.25) is 0 Å². The lowest BCUT2D eigenvalue weighted by molar-refractivity contribution is 0.00578. The number of hydrogen-bond donors (Lipinski definition) is 1. The van der Waals surface area contributed by atoms with Crippen molar-refractivity contribution in [1.29, 1.82) is 0 Å². The molecule has 0 aromatic heterocycles. The van der Waals surface area contributed by atoms with Crippen molar-refractivity contribution in [2.75, 3.05) is 0 Å². The van der Waals surface area contributed by atoms with Gasteiger partial charge in [-0.05, 0) is 51.9 Å². The van der Waals surface area contributed by atoms with Crippen molar-refractivity contribution in [1.82, 2.24) is 0 Å². The largest absolute Gasteiger partial charge is 0.501 e. The van der Waals surface area contributed by atoms with Crippen LogP contribution in [0.25, 0.3) is 0 Å². The SMILES string of the molecule is C[C@@H](C[C@H](OC(N)=O)B1OC(C)(C)C(C)(C)O1)CC(C)(C)C. The molecule has 0 aromatic carbocycles. The molecule has 128 valence electrons. The molecule has 0 aromatic rings. The van der Waals surface area contributed by atoms with Crippen molar-refractivity contribution in [3.05, 3.63) is 0 Å². The first-order chi connectivity index (χ1) is 9.73. The molecule has 2 N–H and O–H groups in total. The van der Waals surface area contributed by atoms with Crippen molar-refractivity contribution < 1.29 is 18.8 Å². The Morgan fingerprint density at radius 3 is 2.00 bits per heavy atom. The molecule has 0 aliphatic carbocycles. The van der Waals surface area contributed by atoms with Crippen LogP contribution in [0.4, 0.5) is 4.79 Å². The number of amides is 1. The highest BCUT2D eigenvalue weighted by Crippen LogP contribution is 2.39. The minimum atomic E-state index is -0.789. The number of carbonyl (C=O) groups is 1. The topological polar surface area (TPSA) is 70.8 Å². The number of ether oxygens (including phenoxy) is 1. The molecular formula is C16H32BNO4. The standard InChI is InChI=1S/C16H32BNO4/c1-11(10-14(2,3)4)9-12(20-13(18)19)17-21-15(5,6)16(7,8)22-17/h11-12H,9-10H2,1-8H3,(H2,18,19)/t11-,12-/m0/s1. The van der Waals surface area contributed by atoms with Gasteiger partial charge in [0.1, 0.15) is 6.00 Å². The van der Waals surface area contributed by atoms with Gasteiger partial charge in [0.15, 0.2) is 0 Å². The van der Waals surface area contributed by atoms with Gasteiger partial charge in [-0.2, -0.15) is 0 Å². The average Bonchev–Trinajstić information content (AvgIpc) is 2.43. The van der Waals surface area contributed by atoms with Crippen molar-refractivity contribution in [2.45, 2.75) is 85.4 Å². The molecule has 0 spiro atoms. The van der Waals surface area contributed by atoms with Gasteiger partial charge in [0.25, 0.3) is 0 Å². The number of nitrogens with two attached hydrogens (primary N) is 1. The van der Waals surface area contributed by atoms with Gasteiger partial charge >= 0.3 is 13.2 Å². The molecular weight excluding hydrogens is 281 g/mol. The second kappa shape index (κ2) is 6.40. The number of carbonyl (C=O) groups excluding carboxylic acids is 1. The lowest BCUT2D eigenvalue weighted by Gasteiger charge is -2.32. The number of rotatable bonds is 5. The summed E-state index contributed by atoms with van der Waals surface area (Å²) in [4.78, 5) is 11.2. The highest BCUT2D eigenvalue weighted by atomic mass is 16.7. The van der Waals surface area contributed by atoms with E-state index in [9.17, 15) is 4.79 Å². The summed E-state index contributed by atoms with van der Waals surface area (Å²) in [5, 5.41) is 0. The van der Waals surface area contributed by atoms with E-state index in [-0.39, 0.29) is 5.41 Å². The summed E-state index contributed by atoms with van der Waals surface area (Å²) in [6, 6.07) is -0.490. The fraction of sp³-hybridized carbons (Fsp3) is 0.938. The van der Waals surface area contributed by atoms with Gasteiger partial charge in [0, 0.05) is 0 Å². The fourth-order valence-electron chi connectivity index (χ4n) is 2.93. The van der Waals surface area contributed by atoms with Crippen LogP contribution in [0.15, 0.2) is 0 Å². The predicted octanol–water partition coefficient (Wildman–Crippen LogP) is 3.54. The Hall–Kier alpha value is -0.745. The quantitative estimate of drug-likeness (QED) is 0.788.